The number of thiocarbonyl (C=S) groups is 1. The lowest BCUT2D eigenvalue weighted by molar-refractivity contribution is 0.747. The number of unbranched alkanes of at least 4 members (excludes halogenated alkanes) is 2. The van der Waals surface area contributed by atoms with Crippen LogP contribution in [0.25, 0.3) is 0 Å². The minimum absolute atomic E-state index is 0.352. The van der Waals surface area contributed by atoms with E-state index in [9.17, 15) is 0 Å². The van der Waals surface area contributed by atoms with Gasteiger partial charge in [0.15, 0.2) is 5.82 Å². The molecule has 94 valence electrons. The molecule has 0 radical (unpaired) electrons. The number of nitrogens with zero attached hydrogens (tertiary/aromatic N) is 2. The molecule has 1 aromatic heterocycles. The average molecular weight is 270 g/mol. The van der Waals surface area contributed by atoms with Gasteiger partial charge in [-0.1, -0.05) is 18.6 Å². The SMILES string of the molecule is CSCCCCCNc1nnccc1C(N)=S. The van der Waals surface area contributed by atoms with Crippen LogP contribution in [-0.2, 0) is 0 Å². The van der Waals surface area contributed by atoms with E-state index in [1.807, 2.05) is 11.8 Å². The Labute approximate surface area is 112 Å². The third-order valence-electron chi connectivity index (χ3n) is 2.30. The summed E-state index contributed by atoms with van der Waals surface area (Å²) in [4.78, 5) is 0.352. The molecule has 0 unspecified atom stereocenters. The van der Waals surface area contributed by atoms with Gasteiger partial charge in [0.05, 0.1) is 11.8 Å². The maximum absolute atomic E-state index is 5.61. The van der Waals surface area contributed by atoms with Crippen molar-refractivity contribution in [1.29, 1.82) is 0 Å². The molecular formula is C11H18N4S2. The van der Waals surface area contributed by atoms with Gasteiger partial charge in [0, 0.05) is 6.54 Å². The van der Waals surface area contributed by atoms with Crippen LogP contribution in [-0.4, -0.2) is 33.7 Å². The lowest BCUT2D eigenvalue weighted by Crippen LogP contribution is -2.15. The second-order valence-electron chi connectivity index (χ2n) is 3.64. The Kier molecular flexibility index (Phi) is 6.88. The van der Waals surface area contributed by atoms with E-state index in [1.165, 1.54) is 18.6 Å². The molecule has 3 N–H and O–H groups in total. The zero-order chi connectivity index (χ0) is 12.5. The van der Waals surface area contributed by atoms with Crippen LogP contribution in [0.15, 0.2) is 12.3 Å². The first-order valence-electron chi connectivity index (χ1n) is 5.60. The van der Waals surface area contributed by atoms with Crippen LogP contribution >= 0.6 is 24.0 Å². The predicted octanol–water partition coefficient (Wildman–Crippen LogP) is 2.06. The Morgan fingerprint density at radius 1 is 1.47 bits per heavy atom. The molecule has 0 atom stereocenters. The maximum Gasteiger partial charge on any atom is 0.158 e. The summed E-state index contributed by atoms with van der Waals surface area (Å²) in [6.07, 6.45) is 7.32. The van der Waals surface area contributed by atoms with Crippen LogP contribution in [0, 0.1) is 0 Å². The quantitative estimate of drug-likeness (QED) is 0.557. The third kappa shape index (κ3) is 5.32. The van der Waals surface area contributed by atoms with Crippen molar-refractivity contribution < 1.29 is 0 Å². The topological polar surface area (TPSA) is 63.8 Å². The van der Waals surface area contributed by atoms with Gasteiger partial charge in [-0.3, -0.25) is 0 Å². The van der Waals surface area contributed by atoms with Gasteiger partial charge in [-0.05, 0) is 30.9 Å². The van der Waals surface area contributed by atoms with Gasteiger partial charge in [-0.25, -0.2) is 0 Å². The highest BCUT2D eigenvalue weighted by Crippen LogP contribution is 2.10. The summed E-state index contributed by atoms with van der Waals surface area (Å²) in [6.45, 7) is 0.878. The Hall–Kier alpha value is -0.880. The Morgan fingerprint density at radius 3 is 3.00 bits per heavy atom. The summed E-state index contributed by atoms with van der Waals surface area (Å²) in [5, 5.41) is 11.0. The molecule has 0 aliphatic heterocycles. The summed E-state index contributed by atoms with van der Waals surface area (Å²) in [5.74, 6) is 1.91. The first-order valence-corrected chi connectivity index (χ1v) is 7.40. The minimum atomic E-state index is 0.352. The van der Waals surface area contributed by atoms with E-state index in [0.717, 1.165) is 18.5 Å². The second kappa shape index (κ2) is 8.25. The zero-order valence-corrected chi connectivity index (χ0v) is 11.6. The molecule has 0 fully saturated rings. The zero-order valence-electron chi connectivity index (χ0n) is 9.98. The number of aromatic nitrogens is 2. The van der Waals surface area contributed by atoms with Crippen molar-refractivity contribution in [2.24, 2.45) is 5.73 Å². The van der Waals surface area contributed by atoms with E-state index >= 15 is 0 Å². The molecule has 1 heterocycles. The van der Waals surface area contributed by atoms with Crippen molar-refractivity contribution in [2.75, 3.05) is 23.9 Å². The highest BCUT2D eigenvalue weighted by Gasteiger charge is 2.05. The van der Waals surface area contributed by atoms with Crippen molar-refractivity contribution >= 4 is 34.8 Å². The molecule has 0 saturated carbocycles. The van der Waals surface area contributed by atoms with E-state index in [1.54, 1.807) is 12.3 Å². The van der Waals surface area contributed by atoms with Gasteiger partial charge in [-0.2, -0.15) is 16.9 Å². The van der Waals surface area contributed by atoms with Crippen molar-refractivity contribution in [2.45, 2.75) is 19.3 Å². The van der Waals surface area contributed by atoms with Crippen molar-refractivity contribution in [3.8, 4) is 0 Å². The Balaban J connectivity index is 2.34. The summed E-state index contributed by atoms with van der Waals surface area (Å²) in [6, 6.07) is 1.78. The lowest BCUT2D eigenvalue weighted by Gasteiger charge is -2.08. The van der Waals surface area contributed by atoms with Crippen molar-refractivity contribution in [3.05, 3.63) is 17.8 Å². The van der Waals surface area contributed by atoms with Gasteiger partial charge in [0.2, 0.25) is 0 Å². The van der Waals surface area contributed by atoms with Crippen LogP contribution in [0.5, 0.6) is 0 Å². The number of thioether (sulfide) groups is 1. The van der Waals surface area contributed by atoms with Crippen molar-refractivity contribution in [1.82, 2.24) is 10.2 Å². The fourth-order valence-electron chi connectivity index (χ4n) is 1.42. The summed E-state index contributed by atoms with van der Waals surface area (Å²) < 4.78 is 0. The number of nitrogens with two attached hydrogens (primary N) is 1. The van der Waals surface area contributed by atoms with Gasteiger partial charge in [0.25, 0.3) is 0 Å². The Bertz CT molecular complexity index is 357. The van der Waals surface area contributed by atoms with E-state index in [4.69, 9.17) is 18.0 Å². The monoisotopic (exact) mass is 270 g/mol. The predicted molar refractivity (Wildman–Crippen MR) is 78.6 cm³/mol. The Morgan fingerprint density at radius 2 is 2.29 bits per heavy atom. The van der Waals surface area contributed by atoms with Crippen LogP contribution < -0.4 is 11.1 Å². The summed E-state index contributed by atoms with van der Waals surface area (Å²) in [7, 11) is 0. The fourth-order valence-corrected chi connectivity index (χ4v) is 2.07. The van der Waals surface area contributed by atoms with E-state index in [0.29, 0.717) is 10.8 Å². The average Bonchev–Trinajstić information content (AvgIpc) is 2.34. The number of hydrogen-bond donors (Lipinski definition) is 2. The summed E-state index contributed by atoms with van der Waals surface area (Å²) >= 11 is 6.84. The van der Waals surface area contributed by atoms with Crippen LogP contribution in [0.1, 0.15) is 24.8 Å². The largest absolute Gasteiger partial charge is 0.389 e. The molecule has 0 amide bonds. The molecule has 0 saturated heterocycles. The molecule has 17 heavy (non-hydrogen) atoms. The first-order chi connectivity index (χ1) is 8.25. The molecule has 0 aliphatic rings. The standard InChI is InChI=1S/C11H18N4S2/c1-17-8-4-2-3-6-13-11-9(10(12)16)5-7-14-15-11/h5,7H,2-4,6,8H2,1H3,(H2,12,16)(H,13,15). The number of hydrogen-bond acceptors (Lipinski definition) is 5. The minimum Gasteiger partial charge on any atom is -0.389 e. The van der Waals surface area contributed by atoms with Crippen molar-refractivity contribution in [3.63, 3.8) is 0 Å². The number of anilines is 1. The van der Waals surface area contributed by atoms with Gasteiger partial charge < -0.3 is 11.1 Å². The van der Waals surface area contributed by atoms with Crippen LogP contribution in [0.2, 0.25) is 0 Å². The molecule has 0 aromatic carbocycles. The molecule has 1 aromatic rings. The highest BCUT2D eigenvalue weighted by molar-refractivity contribution is 7.98. The molecule has 0 bridgehead atoms. The van der Waals surface area contributed by atoms with Crippen LogP contribution in [0.3, 0.4) is 0 Å². The van der Waals surface area contributed by atoms with E-state index in [-0.39, 0.29) is 0 Å². The molecule has 4 nitrogen and oxygen atoms in total. The molecule has 6 heteroatoms. The number of rotatable bonds is 8. The smallest absolute Gasteiger partial charge is 0.158 e. The lowest BCUT2D eigenvalue weighted by atomic mass is 10.2. The maximum atomic E-state index is 5.61. The molecule has 0 spiro atoms. The fraction of sp³-hybridized carbons (Fsp3) is 0.545. The highest BCUT2D eigenvalue weighted by atomic mass is 32.2. The molecular weight excluding hydrogens is 252 g/mol. The van der Waals surface area contributed by atoms with Gasteiger partial charge in [0.1, 0.15) is 4.99 Å². The van der Waals surface area contributed by atoms with Crippen LogP contribution in [0.4, 0.5) is 5.82 Å². The molecule has 0 aliphatic carbocycles. The second-order valence-corrected chi connectivity index (χ2v) is 5.06. The number of nitrogens with one attached hydrogen (secondary N) is 1. The normalized spacial score (nSPS) is 10.2. The van der Waals surface area contributed by atoms with Gasteiger partial charge >= 0.3 is 0 Å². The van der Waals surface area contributed by atoms with E-state index < -0.39 is 0 Å². The first kappa shape index (κ1) is 14.2. The summed E-state index contributed by atoms with van der Waals surface area (Å²) in [5.41, 5.74) is 6.37. The van der Waals surface area contributed by atoms with E-state index in [2.05, 4.69) is 21.8 Å². The third-order valence-corrected chi connectivity index (χ3v) is 3.22. The van der Waals surface area contributed by atoms with Gasteiger partial charge in [-0.15, -0.1) is 5.10 Å². The molecule has 1 rings (SSSR count).